The molecule has 1 heterocycles. The monoisotopic (exact) mass is 387 g/mol. The normalized spacial score (nSPS) is 16.1. The number of nitrogens with zero attached hydrogens (tertiary/aromatic N) is 2. The Balaban J connectivity index is 1.74. The number of nitro groups is 1. The van der Waals surface area contributed by atoms with E-state index < -0.39 is 28.3 Å². The van der Waals surface area contributed by atoms with Crippen molar-refractivity contribution in [3.8, 4) is 5.75 Å². The van der Waals surface area contributed by atoms with Crippen molar-refractivity contribution in [2.45, 2.75) is 13.3 Å². The first-order valence-corrected chi connectivity index (χ1v) is 8.67. The van der Waals surface area contributed by atoms with Crippen LogP contribution < -0.4 is 15.0 Å². The number of ether oxygens (including phenoxy) is 1. The van der Waals surface area contributed by atoms with E-state index in [9.17, 15) is 24.1 Å². The lowest BCUT2D eigenvalue weighted by Gasteiger charge is -2.20. The average molecular weight is 387 g/mol. The molecule has 1 fully saturated rings. The van der Waals surface area contributed by atoms with Crippen LogP contribution in [0.2, 0.25) is 0 Å². The largest absolute Gasteiger partial charge is 0.492 e. The van der Waals surface area contributed by atoms with E-state index in [1.54, 1.807) is 24.3 Å². The summed E-state index contributed by atoms with van der Waals surface area (Å²) in [7, 11) is 0. The molecule has 9 heteroatoms. The highest BCUT2D eigenvalue weighted by Crippen LogP contribution is 2.33. The number of amides is 2. The van der Waals surface area contributed by atoms with Gasteiger partial charge in [0.15, 0.2) is 0 Å². The Hall–Kier alpha value is -3.49. The van der Waals surface area contributed by atoms with E-state index in [1.165, 1.54) is 11.0 Å². The number of para-hydroxylation sites is 2. The molecule has 1 saturated heterocycles. The Bertz CT molecular complexity index is 934. The average Bonchev–Trinajstić information content (AvgIpc) is 3.05. The van der Waals surface area contributed by atoms with Crippen LogP contribution in [-0.4, -0.2) is 29.9 Å². The molecule has 2 aromatic rings. The van der Waals surface area contributed by atoms with Gasteiger partial charge in [0.05, 0.1) is 23.1 Å². The number of carbonyl (C=O) groups is 2. The summed E-state index contributed by atoms with van der Waals surface area (Å²) < 4.78 is 19.0. The molecular formula is C19H18FN3O5. The van der Waals surface area contributed by atoms with E-state index in [1.807, 2.05) is 6.92 Å². The van der Waals surface area contributed by atoms with Crippen LogP contribution in [0.15, 0.2) is 42.5 Å². The number of benzene rings is 2. The van der Waals surface area contributed by atoms with E-state index in [0.29, 0.717) is 18.0 Å². The third-order valence-corrected chi connectivity index (χ3v) is 4.36. The van der Waals surface area contributed by atoms with Crippen molar-refractivity contribution in [3.63, 3.8) is 0 Å². The zero-order chi connectivity index (χ0) is 20.3. The van der Waals surface area contributed by atoms with Gasteiger partial charge in [0, 0.05) is 24.7 Å². The molecule has 0 unspecified atom stereocenters. The van der Waals surface area contributed by atoms with E-state index in [-0.39, 0.29) is 24.6 Å². The molecule has 146 valence electrons. The minimum Gasteiger partial charge on any atom is -0.492 e. The first kappa shape index (κ1) is 19.3. The number of rotatable bonds is 6. The molecular weight excluding hydrogens is 369 g/mol. The molecule has 1 atom stereocenters. The van der Waals surface area contributed by atoms with Crippen LogP contribution in [0.5, 0.6) is 5.75 Å². The lowest BCUT2D eigenvalue weighted by Crippen LogP contribution is -2.28. The molecule has 1 aliphatic rings. The third-order valence-electron chi connectivity index (χ3n) is 4.36. The summed E-state index contributed by atoms with van der Waals surface area (Å²) in [5, 5.41) is 13.4. The van der Waals surface area contributed by atoms with Crippen LogP contribution in [0.1, 0.15) is 13.3 Å². The lowest BCUT2D eigenvalue weighted by molar-refractivity contribution is -0.387. The van der Waals surface area contributed by atoms with Gasteiger partial charge in [-0.1, -0.05) is 12.1 Å². The molecule has 28 heavy (non-hydrogen) atoms. The van der Waals surface area contributed by atoms with Gasteiger partial charge >= 0.3 is 5.69 Å². The van der Waals surface area contributed by atoms with E-state index in [0.717, 1.165) is 12.1 Å². The van der Waals surface area contributed by atoms with Crippen LogP contribution in [-0.2, 0) is 9.59 Å². The lowest BCUT2D eigenvalue weighted by atomic mass is 10.1. The Morgan fingerprint density at radius 1 is 1.36 bits per heavy atom. The van der Waals surface area contributed by atoms with Crippen molar-refractivity contribution in [2.24, 2.45) is 5.92 Å². The summed E-state index contributed by atoms with van der Waals surface area (Å²) in [6, 6.07) is 10.2. The predicted molar refractivity (Wildman–Crippen MR) is 99.8 cm³/mol. The second kappa shape index (κ2) is 8.03. The fourth-order valence-electron chi connectivity index (χ4n) is 3.05. The van der Waals surface area contributed by atoms with Gasteiger partial charge in [-0.3, -0.25) is 19.7 Å². The Morgan fingerprint density at radius 2 is 2.11 bits per heavy atom. The quantitative estimate of drug-likeness (QED) is 0.606. The van der Waals surface area contributed by atoms with Crippen molar-refractivity contribution >= 4 is 28.9 Å². The number of hydrogen-bond donors (Lipinski definition) is 1. The summed E-state index contributed by atoms with van der Waals surface area (Å²) in [4.78, 5) is 36.4. The van der Waals surface area contributed by atoms with Gasteiger partial charge in [-0.25, -0.2) is 0 Å². The zero-order valence-corrected chi connectivity index (χ0v) is 15.1. The Morgan fingerprint density at radius 3 is 2.82 bits per heavy atom. The molecule has 8 nitrogen and oxygen atoms in total. The molecule has 0 aliphatic carbocycles. The molecule has 0 radical (unpaired) electrons. The molecule has 3 rings (SSSR count). The number of nitrogens with one attached hydrogen (secondary N) is 1. The van der Waals surface area contributed by atoms with E-state index >= 15 is 0 Å². The molecule has 1 aliphatic heterocycles. The van der Waals surface area contributed by atoms with Gasteiger partial charge in [0.1, 0.15) is 5.75 Å². The van der Waals surface area contributed by atoms with Crippen LogP contribution in [0, 0.1) is 21.8 Å². The maximum absolute atomic E-state index is 13.4. The Labute approximate surface area is 160 Å². The summed E-state index contributed by atoms with van der Waals surface area (Å²) >= 11 is 0. The van der Waals surface area contributed by atoms with Gasteiger partial charge in [0.25, 0.3) is 0 Å². The highest BCUT2D eigenvalue weighted by molar-refractivity contribution is 6.04. The number of nitro benzene ring substituents is 1. The minimum absolute atomic E-state index is 0.00438. The maximum Gasteiger partial charge on any atom is 0.306 e. The molecule has 0 bridgehead atoms. The molecule has 2 amide bonds. The van der Waals surface area contributed by atoms with Gasteiger partial charge in [-0.05, 0) is 31.2 Å². The maximum atomic E-state index is 13.4. The van der Waals surface area contributed by atoms with Crippen molar-refractivity contribution in [1.29, 1.82) is 0 Å². The van der Waals surface area contributed by atoms with Crippen molar-refractivity contribution in [1.82, 2.24) is 0 Å². The van der Waals surface area contributed by atoms with Crippen LogP contribution >= 0.6 is 0 Å². The molecule has 0 spiro atoms. The molecule has 0 aromatic heterocycles. The number of carbonyl (C=O) groups excluding carboxylic acids is 2. The van der Waals surface area contributed by atoms with Gasteiger partial charge in [0.2, 0.25) is 17.6 Å². The molecule has 1 N–H and O–H groups in total. The summed E-state index contributed by atoms with van der Waals surface area (Å²) in [6.45, 7) is 2.42. The summed E-state index contributed by atoms with van der Waals surface area (Å²) in [5.74, 6) is -1.78. The third kappa shape index (κ3) is 3.93. The van der Waals surface area contributed by atoms with E-state index in [4.69, 9.17) is 4.74 Å². The van der Waals surface area contributed by atoms with Gasteiger partial charge in [-0.15, -0.1) is 0 Å². The highest BCUT2D eigenvalue weighted by atomic mass is 19.1. The first-order chi connectivity index (χ1) is 13.4. The second-order valence-electron chi connectivity index (χ2n) is 6.22. The minimum atomic E-state index is -0.988. The van der Waals surface area contributed by atoms with Crippen LogP contribution in [0.25, 0.3) is 0 Å². The fourth-order valence-corrected chi connectivity index (χ4v) is 3.05. The van der Waals surface area contributed by atoms with Crippen LogP contribution in [0.3, 0.4) is 0 Å². The topological polar surface area (TPSA) is 102 Å². The fraction of sp³-hybridized carbons (Fsp3) is 0.263. The molecule has 2 aromatic carbocycles. The first-order valence-electron chi connectivity index (χ1n) is 8.67. The highest BCUT2D eigenvalue weighted by Gasteiger charge is 2.36. The summed E-state index contributed by atoms with van der Waals surface area (Å²) in [5.41, 5.74) is -0.0478. The Kier molecular flexibility index (Phi) is 5.53. The number of halogens is 1. The van der Waals surface area contributed by atoms with Crippen molar-refractivity contribution in [3.05, 3.63) is 58.4 Å². The SMILES string of the molecule is CCOc1ccccc1N1C[C@H](C(=O)Nc2ccc(F)c([N+](=O)[O-])c2)CC1=O. The van der Waals surface area contributed by atoms with Gasteiger partial charge < -0.3 is 15.0 Å². The number of hydrogen-bond acceptors (Lipinski definition) is 5. The van der Waals surface area contributed by atoms with Gasteiger partial charge in [-0.2, -0.15) is 4.39 Å². The second-order valence-corrected chi connectivity index (χ2v) is 6.22. The van der Waals surface area contributed by atoms with Crippen molar-refractivity contribution < 1.29 is 23.6 Å². The summed E-state index contributed by atoms with van der Waals surface area (Å²) in [6.07, 6.45) is -0.00438. The predicted octanol–water partition coefficient (Wildman–Crippen LogP) is 3.12. The number of anilines is 2. The smallest absolute Gasteiger partial charge is 0.306 e. The zero-order valence-electron chi connectivity index (χ0n) is 15.1. The van der Waals surface area contributed by atoms with Crippen molar-refractivity contribution in [2.75, 3.05) is 23.4 Å². The molecule has 0 saturated carbocycles. The van der Waals surface area contributed by atoms with Crippen LogP contribution in [0.4, 0.5) is 21.5 Å². The standard InChI is InChI=1S/C19H18FN3O5/c1-2-28-17-6-4-3-5-15(17)22-11-12(9-18(22)24)19(25)21-13-7-8-14(20)16(10-13)23(26)27/h3-8,10,12H,2,9,11H2,1H3,(H,21,25)/t12-/m1/s1. The van der Waals surface area contributed by atoms with E-state index in [2.05, 4.69) is 5.32 Å².